The number of aryl methyl sites for hydroxylation is 1. The molecule has 1 aliphatic carbocycles. The summed E-state index contributed by atoms with van der Waals surface area (Å²) in [6.07, 6.45) is 2.59. The van der Waals surface area contributed by atoms with Gasteiger partial charge in [0.2, 0.25) is 5.91 Å². The Morgan fingerprint density at radius 3 is 2.70 bits per heavy atom. The highest BCUT2D eigenvalue weighted by Gasteiger charge is 2.28. The lowest BCUT2D eigenvalue weighted by Gasteiger charge is -2.11. The molecule has 1 fully saturated rings. The van der Waals surface area contributed by atoms with Crippen molar-refractivity contribution in [2.45, 2.75) is 39.2 Å². The van der Waals surface area contributed by atoms with Crippen molar-refractivity contribution < 1.29 is 4.79 Å². The topological polar surface area (TPSA) is 85.8 Å². The molecule has 2 aromatic rings. The van der Waals surface area contributed by atoms with Crippen LogP contribution in [0.2, 0.25) is 0 Å². The molecule has 6 nitrogen and oxygen atoms in total. The normalized spacial score (nSPS) is 15.4. The van der Waals surface area contributed by atoms with E-state index in [2.05, 4.69) is 15.6 Å². The molecule has 1 aliphatic rings. The fourth-order valence-electron chi connectivity index (χ4n) is 2.59. The van der Waals surface area contributed by atoms with Gasteiger partial charge in [-0.25, -0.2) is 4.68 Å². The van der Waals surface area contributed by atoms with E-state index in [1.807, 2.05) is 38.1 Å². The number of nitrogens with two attached hydrogens (primary N) is 1. The Kier molecular flexibility index (Phi) is 4.43. The van der Waals surface area contributed by atoms with Crippen LogP contribution in [0.25, 0.3) is 5.69 Å². The summed E-state index contributed by atoms with van der Waals surface area (Å²) in [6.45, 7) is 4.51. The molecule has 3 N–H and O–H groups in total. The number of carbonyl (C=O) groups is 1. The van der Waals surface area contributed by atoms with Gasteiger partial charge < -0.3 is 11.1 Å². The highest BCUT2D eigenvalue weighted by atomic mass is 16.1. The summed E-state index contributed by atoms with van der Waals surface area (Å²) < 4.78 is 1.76. The first-order chi connectivity index (χ1) is 11.0. The lowest BCUT2D eigenvalue weighted by atomic mass is 10.2. The monoisotopic (exact) mass is 313 g/mol. The first kappa shape index (κ1) is 15.7. The number of hydrogen-bond donors (Lipinski definition) is 2. The maximum Gasteiger partial charge on any atom is 0.226 e. The summed E-state index contributed by atoms with van der Waals surface area (Å²) in [5, 5.41) is 11.2. The number of nitrogens with zero attached hydrogens (tertiary/aromatic N) is 3. The van der Waals surface area contributed by atoms with Crippen molar-refractivity contribution in [3.8, 4) is 5.69 Å². The molecule has 1 aromatic carbocycles. The van der Waals surface area contributed by atoms with Crippen molar-refractivity contribution >= 4 is 5.91 Å². The summed E-state index contributed by atoms with van der Waals surface area (Å²) >= 11 is 0. The quantitative estimate of drug-likeness (QED) is 0.841. The molecule has 0 saturated heterocycles. The number of amides is 1. The molecule has 1 atom stereocenters. The van der Waals surface area contributed by atoms with Gasteiger partial charge in [0.05, 0.1) is 23.5 Å². The highest BCUT2D eigenvalue weighted by molar-refractivity contribution is 5.78. The number of carbonyl (C=O) groups excluding carboxylic acids is 1. The molecule has 122 valence electrons. The van der Waals surface area contributed by atoms with Crippen LogP contribution in [0.5, 0.6) is 0 Å². The summed E-state index contributed by atoms with van der Waals surface area (Å²) in [5.74, 6) is 0.527. The Morgan fingerprint density at radius 2 is 2.04 bits per heavy atom. The predicted molar refractivity (Wildman–Crippen MR) is 88.2 cm³/mol. The fraction of sp³-hybridized carbons (Fsp3) is 0.471. The van der Waals surface area contributed by atoms with Crippen LogP contribution in [0.15, 0.2) is 24.3 Å². The number of nitrogens with one attached hydrogen (secondary N) is 1. The van der Waals surface area contributed by atoms with Crippen molar-refractivity contribution in [3.05, 3.63) is 41.2 Å². The molecule has 0 aliphatic heterocycles. The van der Waals surface area contributed by atoms with Gasteiger partial charge in [0.15, 0.2) is 0 Å². The van der Waals surface area contributed by atoms with Crippen LogP contribution in [-0.4, -0.2) is 33.5 Å². The maximum absolute atomic E-state index is 12.1. The number of rotatable bonds is 6. The van der Waals surface area contributed by atoms with Crippen molar-refractivity contribution in [1.29, 1.82) is 0 Å². The molecule has 1 aromatic heterocycles. The van der Waals surface area contributed by atoms with Crippen molar-refractivity contribution in [2.75, 3.05) is 6.54 Å². The van der Waals surface area contributed by atoms with E-state index < -0.39 is 0 Å². The molecule has 0 radical (unpaired) electrons. The second-order valence-corrected chi connectivity index (χ2v) is 6.35. The van der Waals surface area contributed by atoms with E-state index in [0.717, 1.165) is 11.4 Å². The third-order valence-corrected chi connectivity index (χ3v) is 4.36. The van der Waals surface area contributed by atoms with Gasteiger partial charge in [0.25, 0.3) is 0 Å². The van der Waals surface area contributed by atoms with Crippen molar-refractivity contribution in [3.63, 3.8) is 0 Å². The van der Waals surface area contributed by atoms with E-state index in [1.165, 1.54) is 18.4 Å². The lowest BCUT2D eigenvalue weighted by molar-refractivity contribution is -0.120. The van der Waals surface area contributed by atoms with Crippen LogP contribution < -0.4 is 11.1 Å². The Balaban J connectivity index is 1.62. The molecular formula is C17H23N5O. The Morgan fingerprint density at radius 1 is 1.35 bits per heavy atom. The van der Waals surface area contributed by atoms with Gasteiger partial charge in [-0.2, -0.15) is 0 Å². The lowest BCUT2D eigenvalue weighted by Crippen LogP contribution is -2.39. The van der Waals surface area contributed by atoms with Gasteiger partial charge in [-0.3, -0.25) is 4.79 Å². The van der Waals surface area contributed by atoms with E-state index >= 15 is 0 Å². The first-order valence-electron chi connectivity index (χ1n) is 8.05. The second kappa shape index (κ2) is 6.50. The standard InChI is InChI=1S/C17H23N5O/c1-11-3-7-14(8-4-11)22-12(2)16(20-21-22)9-17(23)19-10-15(18)13-5-6-13/h3-4,7-8,13,15H,5-6,9-10,18H2,1-2H3,(H,19,23). The second-order valence-electron chi connectivity index (χ2n) is 6.35. The summed E-state index contributed by atoms with van der Waals surface area (Å²) in [7, 11) is 0. The van der Waals surface area contributed by atoms with Gasteiger partial charge in [-0.15, -0.1) is 5.10 Å². The molecule has 3 rings (SSSR count). The van der Waals surface area contributed by atoms with Crippen LogP contribution in [0.1, 0.15) is 29.8 Å². The Bertz CT molecular complexity index is 688. The van der Waals surface area contributed by atoms with Crippen LogP contribution in [0.3, 0.4) is 0 Å². The minimum Gasteiger partial charge on any atom is -0.354 e. The fourth-order valence-corrected chi connectivity index (χ4v) is 2.59. The third kappa shape index (κ3) is 3.76. The molecule has 1 unspecified atom stereocenters. The van der Waals surface area contributed by atoms with Crippen LogP contribution in [-0.2, 0) is 11.2 Å². The first-order valence-corrected chi connectivity index (χ1v) is 8.05. The third-order valence-electron chi connectivity index (χ3n) is 4.36. The van der Waals surface area contributed by atoms with Crippen molar-refractivity contribution in [1.82, 2.24) is 20.3 Å². The molecular weight excluding hydrogens is 290 g/mol. The average molecular weight is 313 g/mol. The number of benzene rings is 1. The van der Waals surface area contributed by atoms with Crippen LogP contribution in [0, 0.1) is 19.8 Å². The van der Waals surface area contributed by atoms with Gasteiger partial charge in [0.1, 0.15) is 0 Å². The van der Waals surface area contributed by atoms with Gasteiger partial charge >= 0.3 is 0 Å². The molecule has 1 saturated carbocycles. The zero-order chi connectivity index (χ0) is 16.4. The summed E-state index contributed by atoms with van der Waals surface area (Å²) in [4.78, 5) is 12.1. The SMILES string of the molecule is Cc1ccc(-n2nnc(CC(=O)NCC(N)C3CC3)c2C)cc1. The predicted octanol–water partition coefficient (Wildman–Crippen LogP) is 1.28. The largest absolute Gasteiger partial charge is 0.354 e. The van der Waals surface area contributed by atoms with Crippen LogP contribution >= 0.6 is 0 Å². The van der Waals surface area contributed by atoms with E-state index in [0.29, 0.717) is 18.2 Å². The summed E-state index contributed by atoms with van der Waals surface area (Å²) in [6, 6.07) is 8.12. The minimum atomic E-state index is -0.0554. The molecule has 23 heavy (non-hydrogen) atoms. The molecule has 0 spiro atoms. The molecule has 6 heteroatoms. The Labute approximate surface area is 136 Å². The highest BCUT2D eigenvalue weighted by Crippen LogP contribution is 2.31. The zero-order valence-corrected chi connectivity index (χ0v) is 13.6. The van der Waals surface area contributed by atoms with Gasteiger partial charge in [0, 0.05) is 12.6 Å². The van der Waals surface area contributed by atoms with E-state index in [9.17, 15) is 4.79 Å². The number of hydrogen-bond acceptors (Lipinski definition) is 4. The number of aromatic nitrogens is 3. The molecule has 0 bridgehead atoms. The van der Waals surface area contributed by atoms with Gasteiger partial charge in [-0.1, -0.05) is 22.9 Å². The average Bonchev–Trinajstić information content (AvgIpc) is 3.32. The van der Waals surface area contributed by atoms with Crippen molar-refractivity contribution in [2.24, 2.45) is 11.7 Å². The maximum atomic E-state index is 12.1. The molecule has 1 heterocycles. The smallest absolute Gasteiger partial charge is 0.226 e. The van der Waals surface area contributed by atoms with Gasteiger partial charge in [-0.05, 0) is 44.7 Å². The van der Waals surface area contributed by atoms with E-state index in [4.69, 9.17) is 5.73 Å². The van der Waals surface area contributed by atoms with Crippen LogP contribution in [0.4, 0.5) is 0 Å². The Hall–Kier alpha value is -2.21. The summed E-state index contributed by atoms with van der Waals surface area (Å²) in [5.41, 5.74) is 9.72. The van der Waals surface area contributed by atoms with E-state index in [-0.39, 0.29) is 18.4 Å². The minimum absolute atomic E-state index is 0.0554. The van der Waals surface area contributed by atoms with E-state index in [1.54, 1.807) is 4.68 Å². The molecule has 1 amide bonds. The zero-order valence-electron chi connectivity index (χ0n) is 13.6.